The molecular formula is C12H20O2Se. The van der Waals surface area contributed by atoms with E-state index in [-0.39, 0.29) is 0 Å². The van der Waals surface area contributed by atoms with Crippen LogP contribution in [-0.2, 0) is 0 Å². The first kappa shape index (κ1) is 12.7. The van der Waals surface area contributed by atoms with Gasteiger partial charge in [0.05, 0.1) is 0 Å². The Morgan fingerprint density at radius 2 is 1.40 bits per heavy atom. The van der Waals surface area contributed by atoms with Gasteiger partial charge in [-0.2, -0.15) is 0 Å². The van der Waals surface area contributed by atoms with Gasteiger partial charge in [0.25, 0.3) is 0 Å². The van der Waals surface area contributed by atoms with E-state index in [0.717, 1.165) is 37.6 Å². The summed E-state index contributed by atoms with van der Waals surface area (Å²) in [5.41, 5.74) is 0. The Bertz CT molecular complexity index is 233. The van der Waals surface area contributed by atoms with Gasteiger partial charge < -0.3 is 0 Å². The molecule has 0 spiro atoms. The molecule has 15 heavy (non-hydrogen) atoms. The van der Waals surface area contributed by atoms with Crippen molar-refractivity contribution in [3.05, 3.63) is 9.88 Å². The normalized spacial score (nSPS) is 10.3. The summed E-state index contributed by atoms with van der Waals surface area (Å²) in [7, 11) is 0. The van der Waals surface area contributed by atoms with E-state index in [1.807, 2.05) is 0 Å². The Balaban J connectivity index is 2.32. The summed E-state index contributed by atoms with van der Waals surface area (Å²) < 4.78 is 11.3. The minimum absolute atomic E-state index is 0.434. The second kappa shape index (κ2) is 7.83. The number of rotatable bonds is 8. The Labute approximate surface area is 98.3 Å². The molecule has 1 aromatic heterocycles. The third-order valence-electron chi connectivity index (χ3n) is 2.10. The number of hydrogen-bond acceptors (Lipinski definition) is 2. The quantitative estimate of drug-likeness (QED) is 0.536. The fraction of sp³-hybridized carbons (Fsp3) is 0.667. The average Bonchev–Trinajstić information content (AvgIpc) is 2.67. The zero-order valence-electron chi connectivity index (χ0n) is 9.62. The van der Waals surface area contributed by atoms with Crippen LogP contribution in [0.1, 0.15) is 39.5 Å². The molecule has 0 atom stereocenters. The van der Waals surface area contributed by atoms with Gasteiger partial charge in [0.2, 0.25) is 0 Å². The van der Waals surface area contributed by atoms with Gasteiger partial charge in [0.15, 0.2) is 0 Å². The summed E-state index contributed by atoms with van der Waals surface area (Å²) in [6, 6.07) is 0. The van der Waals surface area contributed by atoms with Crippen molar-refractivity contribution in [2.45, 2.75) is 39.5 Å². The first-order valence-corrected chi connectivity index (χ1v) is 7.68. The van der Waals surface area contributed by atoms with Crippen LogP contribution in [0.15, 0.2) is 9.88 Å². The van der Waals surface area contributed by atoms with E-state index in [9.17, 15) is 0 Å². The number of hydrogen-bond donors (Lipinski definition) is 0. The summed E-state index contributed by atoms with van der Waals surface area (Å²) in [5, 5.41) is 0. The van der Waals surface area contributed by atoms with Crippen molar-refractivity contribution in [3.8, 4) is 11.5 Å². The maximum atomic E-state index is 5.67. The van der Waals surface area contributed by atoms with Gasteiger partial charge in [-0.15, -0.1) is 0 Å². The summed E-state index contributed by atoms with van der Waals surface area (Å²) in [6.07, 6.45) is 4.58. The van der Waals surface area contributed by atoms with Gasteiger partial charge in [-0.3, -0.25) is 0 Å². The molecule has 0 fully saturated rings. The second-order valence-electron chi connectivity index (χ2n) is 3.50. The summed E-state index contributed by atoms with van der Waals surface area (Å²) in [6.45, 7) is 5.97. The van der Waals surface area contributed by atoms with Crippen molar-refractivity contribution in [2.75, 3.05) is 13.2 Å². The standard InChI is InChI=1S/C12H20O2Se/c1-3-5-7-13-11-9-15-10-12(11)14-8-6-4-2/h9-10H,3-8H2,1-2H3. The molecule has 3 heteroatoms. The van der Waals surface area contributed by atoms with Gasteiger partial charge in [0, 0.05) is 0 Å². The molecule has 0 bridgehead atoms. The SMILES string of the molecule is CCCCOc1c[se]cc1OCCCC. The van der Waals surface area contributed by atoms with Gasteiger partial charge >= 0.3 is 98.1 Å². The fourth-order valence-corrected chi connectivity index (χ4v) is 2.57. The van der Waals surface area contributed by atoms with Crippen LogP contribution in [-0.4, -0.2) is 27.7 Å². The molecule has 1 aromatic rings. The number of ether oxygens (including phenoxy) is 2. The topological polar surface area (TPSA) is 18.5 Å². The maximum absolute atomic E-state index is 5.67. The molecule has 0 aliphatic carbocycles. The van der Waals surface area contributed by atoms with Crippen LogP contribution in [0.25, 0.3) is 0 Å². The van der Waals surface area contributed by atoms with E-state index < -0.39 is 0 Å². The molecule has 0 radical (unpaired) electrons. The predicted octanol–water partition coefficient (Wildman–Crippen LogP) is 3.10. The van der Waals surface area contributed by atoms with Crippen LogP contribution in [0.3, 0.4) is 0 Å². The third kappa shape index (κ3) is 4.76. The first-order chi connectivity index (χ1) is 7.38. The van der Waals surface area contributed by atoms with Crippen LogP contribution < -0.4 is 9.47 Å². The van der Waals surface area contributed by atoms with E-state index in [1.165, 1.54) is 12.8 Å². The van der Waals surface area contributed by atoms with Gasteiger partial charge in [0.1, 0.15) is 0 Å². The molecule has 1 rings (SSSR count). The van der Waals surface area contributed by atoms with E-state index in [2.05, 4.69) is 23.7 Å². The molecule has 0 aliphatic rings. The van der Waals surface area contributed by atoms with Crippen molar-refractivity contribution in [1.29, 1.82) is 0 Å². The Morgan fingerprint density at radius 1 is 0.933 bits per heavy atom. The Kier molecular flexibility index (Phi) is 6.62. The van der Waals surface area contributed by atoms with Gasteiger partial charge in [-0.1, -0.05) is 0 Å². The molecule has 0 aliphatic heterocycles. The van der Waals surface area contributed by atoms with Crippen molar-refractivity contribution >= 4 is 14.5 Å². The van der Waals surface area contributed by atoms with E-state index in [1.54, 1.807) is 0 Å². The van der Waals surface area contributed by atoms with Crippen LogP contribution in [0.2, 0.25) is 0 Å². The molecule has 0 saturated heterocycles. The zero-order chi connectivity index (χ0) is 10.9. The summed E-state index contributed by atoms with van der Waals surface area (Å²) in [4.78, 5) is 4.31. The number of unbranched alkanes of at least 4 members (excludes halogenated alkanes) is 2. The van der Waals surface area contributed by atoms with Crippen LogP contribution >= 0.6 is 0 Å². The predicted molar refractivity (Wildman–Crippen MR) is 64.2 cm³/mol. The van der Waals surface area contributed by atoms with Gasteiger partial charge in [-0.25, -0.2) is 0 Å². The van der Waals surface area contributed by atoms with Crippen molar-refractivity contribution in [1.82, 2.24) is 0 Å². The molecule has 0 aromatic carbocycles. The van der Waals surface area contributed by atoms with E-state index >= 15 is 0 Å². The Hall–Kier alpha value is -0.401. The van der Waals surface area contributed by atoms with Crippen LogP contribution in [0.5, 0.6) is 11.5 Å². The van der Waals surface area contributed by atoms with Crippen molar-refractivity contribution < 1.29 is 9.47 Å². The van der Waals surface area contributed by atoms with E-state index in [0.29, 0.717) is 14.5 Å². The zero-order valence-corrected chi connectivity index (χ0v) is 11.3. The monoisotopic (exact) mass is 276 g/mol. The van der Waals surface area contributed by atoms with Crippen LogP contribution in [0.4, 0.5) is 0 Å². The molecule has 2 nitrogen and oxygen atoms in total. The first-order valence-electron chi connectivity index (χ1n) is 5.70. The van der Waals surface area contributed by atoms with Gasteiger partial charge in [-0.05, 0) is 0 Å². The van der Waals surface area contributed by atoms with Crippen molar-refractivity contribution in [3.63, 3.8) is 0 Å². The molecule has 0 amide bonds. The minimum atomic E-state index is 0.434. The molecule has 86 valence electrons. The van der Waals surface area contributed by atoms with E-state index in [4.69, 9.17) is 9.47 Å². The molecule has 0 unspecified atom stereocenters. The molecular weight excluding hydrogens is 255 g/mol. The summed E-state index contributed by atoms with van der Waals surface area (Å²) >= 11 is 0.434. The van der Waals surface area contributed by atoms with Crippen molar-refractivity contribution in [2.24, 2.45) is 0 Å². The molecule has 0 saturated carbocycles. The third-order valence-corrected chi connectivity index (χ3v) is 3.57. The fourth-order valence-electron chi connectivity index (χ4n) is 1.14. The Morgan fingerprint density at radius 3 is 1.80 bits per heavy atom. The van der Waals surface area contributed by atoms with Crippen LogP contribution in [0, 0.1) is 0 Å². The molecule has 1 heterocycles. The average molecular weight is 275 g/mol. The second-order valence-corrected chi connectivity index (χ2v) is 5.06. The summed E-state index contributed by atoms with van der Waals surface area (Å²) in [5.74, 6) is 1.94. The molecule has 0 N–H and O–H groups in total.